The third kappa shape index (κ3) is 3.15. The first kappa shape index (κ1) is 18.2. The predicted octanol–water partition coefficient (Wildman–Crippen LogP) is 3.40. The molecule has 2 aromatic carbocycles. The van der Waals surface area contributed by atoms with Gasteiger partial charge in [0.15, 0.2) is 5.66 Å². The molecule has 1 aliphatic heterocycles. The number of hydrogen-bond donors (Lipinski definition) is 0. The van der Waals surface area contributed by atoms with Crippen LogP contribution in [0.3, 0.4) is 0 Å². The van der Waals surface area contributed by atoms with Crippen molar-refractivity contribution in [1.82, 2.24) is 9.96 Å². The number of nitrogens with zero attached hydrogens (tertiary/aromatic N) is 2. The summed E-state index contributed by atoms with van der Waals surface area (Å²) in [6.07, 6.45) is 3.96. The fourth-order valence-electron chi connectivity index (χ4n) is 4.12. The van der Waals surface area contributed by atoms with Crippen LogP contribution in [-0.4, -0.2) is 40.0 Å². The van der Waals surface area contributed by atoms with Gasteiger partial charge < -0.3 is 9.74 Å². The van der Waals surface area contributed by atoms with Crippen molar-refractivity contribution in [2.24, 2.45) is 0 Å². The van der Waals surface area contributed by atoms with Crippen LogP contribution < -0.4 is 0 Å². The van der Waals surface area contributed by atoms with Gasteiger partial charge in [0, 0.05) is 5.56 Å². The van der Waals surface area contributed by atoms with Crippen LogP contribution in [0.2, 0.25) is 0 Å². The first-order valence-corrected chi connectivity index (χ1v) is 9.59. The largest absolute Gasteiger partial charge is 0.363 e. The second-order valence-corrected chi connectivity index (χ2v) is 7.23. The minimum absolute atomic E-state index is 0.0875. The zero-order chi connectivity index (χ0) is 19.6. The minimum Gasteiger partial charge on any atom is -0.330 e. The van der Waals surface area contributed by atoms with E-state index in [0.717, 1.165) is 19.3 Å². The van der Waals surface area contributed by atoms with Gasteiger partial charge in [-0.05, 0) is 49.9 Å². The topological polar surface area (TPSA) is 66.9 Å². The molecule has 1 spiro atoms. The fourth-order valence-corrected chi connectivity index (χ4v) is 4.12. The number of hydroxylamine groups is 2. The highest BCUT2D eigenvalue weighted by Crippen LogP contribution is 2.41. The zero-order valence-electron chi connectivity index (χ0n) is 15.5. The Bertz CT molecular complexity index is 876. The molecular weight excluding hydrogens is 356 g/mol. The Balaban J connectivity index is 1.65. The lowest BCUT2D eigenvalue weighted by Gasteiger charge is -2.44. The molecule has 2 aromatic rings. The van der Waals surface area contributed by atoms with Crippen LogP contribution in [0.4, 0.5) is 0 Å². The monoisotopic (exact) mass is 378 g/mol. The Morgan fingerprint density at radius 3 is 2.00 bits per heavy atom. The average molecular weight is 378 g/mol. The van der Waals surface area contributed by atoms with Gasteiger partial charge in [-0.15, -0.1) is 5.06 Å². The molecule has 6 nitrogen and oxygen atoms in total. The van der Waals surface area contributed by atoms with E-state index in [1.54, 1.807) is 59.5 Å². The van der Waals surface area contributed by atoms with E-state index in [4.69, 9.17) is 4.84 Å². The summed E-state index contributed by atoms with van der Waals surface area (Å²) in [6, 6.07) is 17.5. The predicted molar refractivity (Wildman–Crippen MR) is 102 cm³/mol. The molecule has 144 valence electrons. The minimum atomic E-state index is -0.910. The maximum atomic E-state index is 13.2. The van der Waals surface area contributed by atoms with Crippen LogP contribution in [0.5, 0.6) is 0 Å². The second-order valence-electron chi connectivity index (χ2n) is 7.23. The quantitative estimate of drug-likeness (QED) is 0.821. The molecule has 0 bridgehead atoms. The van der Waals surface area contributed by atoms with Gasteiger partial charge in [0.05, 0.1) is 5.56 Å². The maximum Gasteiger partial charge on any atom is 0.363 e. The molecule has 1 heterocycles. The number of hydrogen-bond acceptors (Lipinski definition) is 4. The number of carbonyl (C=O) groups excluding carboxylic acids is 3. The summed E-state index contributed by atoms with van der Waals surface area (Å²) >= 11 is 0. The Kier molecular flexibility index (Phi) is 4.86. The summed E-state index contributed by atoms with van der Waals surface area (Å²) in [5, 5.41) is 1.17. The third-order valence-corrected chi connectivity index (χ3v) is 5.50. The van der Waals surface area contributed by atoms with Crippen molar-refractivity contribution in [3.05, 3.63) is 71.8 Å². The summed E-state index contributed by atoms with van der Waals surface area (Å²) in [7, 11) is 0. The molecule has 1 saturated carbocycles. The van der Waals surface area contributed by atoms with Crippen LogP contribution in [0.25, 0.3) is 0 Å². The lowest BCUT2D eigenvalue weighted by molar-refractivity contribution is -0.200. The molecule has 0 radical (unpaired) electrons. The van der Waals surface area contributed by atoms with Crippen molar-refractivity contribution in [3.63, 3.8) is 0 Å². The van der Waals surface area contributed by atoms with Gasteiger partial charge in [-0.25, -0.2) is 4.79 Å². The molecule has 0 atom stereocenters. The van der Waals surface area contributed by atoms with Gasteiger partial charge in [-0.2, -0.15) is 0 Å². The maximum absolute atomic E-state index is 13.2. The normalized spacial score (nSPS) is 18.4. The van der Waals surface area contributed by atoms with Crippen molar-refractivity contribution in [2.75, 3.05) is 6.54 Å². The molecule has 2 amide bonds. The molecule has 0 aromatic heterocycles. The van der Waals surface area contributed by atoms with E-state index in [9.17, 15) is 14.4 Å². The summed E-state index contributed by atoms with van der Waals surface area (Å²) < 4.78 is 0. The highest BCUT2D eigenvalue weighted by molar-refractivity contribution is 5.99. The fraction of sp³-hybridized carbons (Fsp3) is 0.318. The molecule has 2 aliphatic rings. The van der Waals surface area contributed by atoms with Gasteiger partial charge in [0.25, 0.3) is 11.8 Å². The van der Waals surface area contributed by atoms with E-state index < -0.39 is 11.6 Å². The van der Waals surface area contributed by atoms with Gasteiger partial charge >= 0.3 is 5.97 Å². The number of benzene rings is 2. The summed E-state index contributed by atoms with van der Waals surface area (Å²) in [5.41, 5.74) is -0.0160. The molecule has 2 fully saturated rings. The Hall–Kier alpha value is -3.15. The van der Waals surface area contributed by atoms with Gasteiger partial charge in [-0.1, -0.05) is 42.8 Å². The van der Waals surface area contributed by atoms with Crippen molar-refractivity contribution >= 4 is 17.8 Å². The van der Waals surface area contributed by atoms with Crippen LogP contribution >= 0.6 is 0 Å². The molecule has 0 N–H and O–H groups in total. The zero-order valence-corrected chi connectivity index (χ0v) is 15.5. The SMILES string of the molecule is O=C(ON1C(=O)CN(C(=O)c2ccccc2)C12CCCCC2)c1ccccc1. The molecule has 28 heavy (non-hydrogen) atoms. The molecule has 6 heteroatoms. The van der Waals surface area contributed by atoms with Crippen LogP contribution in [-0.2, 0) is 9.63 Å². The number of rotatable bonds is 3. The Labute approximate surface area is 163 Å². The average Bonchev–Trinajstić information content (AvgIpc) is 3.00. The van der Waals surface area contributed by atoms with Crippen molar-refractivity contribution in [2.45, 2.75) is 37.8 Å². The van der Waals surface area contributed by atoms with E-state index in [0.29, 0.717) is 24.0 Å². The summed E-state index contributed by atoms with van der Waals surface area (Å²) in [6.45, 7) is -0.0875. The summed E-state index contributed by atoms with van der Waals surface area (Å²) in [5.74, 6) is -1.17. The highest BCUT2D eigenvalue weighted by atomic mass is 16.7. The van der Waals surface area contributed by atoms with E-state index >= 15 is 0 Å². The molecule has 1 aliphatic carbocycles. The molecule has 0 unspecified atom stereocenters. The molecule has 4 rings (SSSR count). The summed E-state index contributed by atoms with van der Waals surface area (Å²) in [4.78, 5) is 45.7. The van der Waals surface area contributed by atoms with Crippen LogP contribution in [0, 0.1) is 0 Å². The van der Waals surface area contributed by atoms with E-state index in [-0.39, 0.29) is 18.4 Å². The third-order valence-electron chi connectivity index (χ3n) is 5.50. The standard InChI is InChI=1S/C22H22N2O4/c25-19-16-23(20(26)17-10-4-1-5-11-17)22(14-8-3-9-15-22)24(19)28-21(27)18-12-6-2-7-13-18/h1-2,4-7,10-13H,3,8-9,14-16H2. The first-order chi connectivity index (χ1) is 13.6. The highest BCUT2D eigenvalue weighted by Gasteiger charge is 2.56. The number of amides is 2. The Morgan fingerprint density at radius 1 is 0.821 bits per heavy atom. The van der Waals surface area contributed by atoms with Crippen molar-refractivity contribution in [1.29, 1.82) is 0 Å². The Morgan fingerprint density at radius 2 is 1.39 bits per heavy atom. The number of carbonyl (C=O) groups is 3. The van der Waals surface area contributed by atoms with Crippen molar-refractivity contribution in [3.8, 4) is 0 Å². The second kappa shape index (κ2) is 7.46. The van der Waals surface area contributed by atoms with Gasteiger partial charge in [0.2, 0.25) is 0 Å². The van der Waals surface area contributed by atoms with Gasteiger partial charge in [-0.3, -0.25) is 9.59 Å². The van der Waals surface area contributed by atoms with E-state index in [2.05, 4.69) is 0 Å². The lowest BCUT2D eigenvalue weighted by Crippen LogP contribution is -2.57. The van der Waals surface area contributed by atoms with E-state index in [1.165, 1.54) is 5.06 Å². The van der Waals surface area contributed by atoms with Crippen LogP contribution in [0.1, 0.15) is 52.8 Å². The molecular formula is C22H22N2O4. The molecule has 1 saturated heterocycles. The van der Waals surface area contributed by atoms with Crippen LogP contribution in [0.15, 0.2) is 60.7 Å². The van der Waals surface area contributed by atoms with Crippen molar-refractivity contribution < 1.29 is 19.2 Å². The lowest BCUT2D eigenvalue weighted by atomic mass is 9.88. The smallest absolute Gasteiger partial charge is 0.330 e. The van der Waals surface area contributed by atoms with Gasteiger partial charge in [0.1, 0.15) is 6.54 Å². The first-order valence-electron chi connectivity index (χ1n) is 9.59. The van der Waals surface area contributed by atoms with E-state index in [1.807, 2.05) is 6.07 Å².